The van der Waals surface area contributed by atoms with Crippen molar-refractivity contribution in [2.45, 2.75) is 25.4 Å². The minimum absolute atomic E-state index is 0.136. The molecule has 76 valence electrons. The van der Waals surface area contributed by atoms with Crippen LogP contribution in [0.1, 0.15) is 13.3 Å². The molecule has 0 saturated heterocycles. The number of hydrogen-bond donors (Lipinski definition) is 4. The number of carboxylic acid groups (broad SMARTS) is 1. The molecule has 0 aromatic rings. The Morgan fingerprint density at radius 1 is 1.38 bits per heavy atom. The van der Waals surface area contributed by atoms with Gasteiger partial charge in [0.25, 0.3) is 0 Å². The number of aliphatic hydroxyl groups is 3. The Morgan fingerprint density at radius 2 is 1.85 bits per heavy atom. The van der Waals surface area contributed by atoms with E-state index in [-0.39, 0.29) is 6.42 Å². The second kappa shape index (κ2) is 4.17. The first-order valence-electron chi connectivity index (χ1n) is 3.40. The first-order chi connectivity index (χ1) is 5.79. The molecule has 7 nitrogen and oxygen atoms in total. The van der Waals surface area contributed by atoms with Crippen LogP contribution in [0.4, 0.5) is 0 Å². The molecule has 0 aromatic carbocycles. The summed E-state index contributed by atoms with van der Waals surface area (Å²) >= 11 is 0. The number of carbonyl (C=O) groups is 2. The Kier molecular flexibility index (Phi) is 3.79. The third kappa shape index (κ3) is 3.83. The van der Waals surface area contributed by atoms with Gasteiger partial charge in [0.2, 0.25) is 0 Å². The van der Waals surface area contributed by atoms with E-state index in [9.17, 15) is 9.59 Å². The molecule has 0 aliphatic rings. The summed E-state index contributed by atoms with van der Waals surface area (Å²) in [5.41, 5.74) is 0. The second-order valence-corrected chi connectivity index (χ2v) is 2.29. The van der Waals surface area contributed by atoms with Crippen LogP contribution in [0.15, 0.2) is 0 Å². The predicted molar refractivity (Wildman–Crippen MR) is 37.2 cm³/mol. The molecule has 1 atom stereocenters. The summed E-state index contributed by atoms with van der Waals surface area (Å²) in [6, 6.07) is 0. The quantitative estimate of drug-likeness (QED) is 0.233. The van der Waals surface area contributed by atoms with Gasteiger partial charge in [0.1, 0.15) is 0 Å². The molecule has 0 radical (unpaired) electrons. The van der Waals surface area contributed by atoms with E-state index < -0.39 is 24.0 Å². The van der Waals surface area contributed by atoms with Gasteiger partial charge in [0.15, 0.2) is 6.10 Å². The van der Waals surface area contributed by atoms with Crippen molar-refractivity contribution in [3.05, 3.63) is 0 Å². The molecule has 0 aliphatic heterocycles. The Balaban J connectivity index is 4.31. The summed E-state index contributed by atoms with van der Waals surface area (Å²) in [5.74, 6) is -6.75. The first kappa shape index (κ1) is 11.8. The van der Waals surface area contributed by atoms with E-state index in [0.717, 1.165) is 0 Å². The fraction of sp³-hybridized carbons (Fsp3) is 0.667. The molecule has 0 aliphatic carbocycles. The summed E-state index contributed by atoms with van der Waals surface area (Å²) in [7, 11) is 0. The average molecular weight is 194 g/mol. The first-order valence-corrected chi connectivity index (χ1v) is 3.40. The average Bonchev–Trinajstić information content (AvgIpc) is 1.96. The Bertz CT molecular complexity index is 204. The minimum Gasteiger partial charge on any atom is -0.473 e. The van der Waals surface area contributed by atoms with Crippen molar-refractivity contribution in [3.8, 4) is 0 Å². The zero-order valence-corrected chi connectivity index (χ0v) is 6.80. The molecule has 0 rings (SSSR count). The van der Waals surface area contributed by atoms with Crippen LogP contribution >= 0.6 is 0 Å². The summed E-state index contributed by atoms with van der Waals surface area (Å²) in [4.78, 5) is 20.4. The number of hydrogen-bond acceptors (Lipinski definition) is 6. The van der Waals surface area contributed by atoms with Gasteiger partial charge in [-0.05, 0) is 6.42 Å². The van der Waals surface area contributed by atoms with E-state index in [4.69, 9.17) is 20.4 Å². The molecule has 0 aromatic heterocycles. The van der Waals surface area contributed by atoms with Crippen LogP contribution in [-0.2, 0) is 14.3 Å². The number of aliphatic carboxylic acids is 1. The van der Waals surface area contributed by atoms with Gasteiger partial charge >= 0.3 is 17.9 Å². The molecule has 0 bridgehead atoms. The number of esters is 1. The molecule has 7 heteroatoms. The number of ether oxygens (including phenoxy) is 1. The molecular weight excluding hydrogens is 184 g/mol. The van der Waals surface area contributed by atoms with Crippen LogP contribution < -0.4 is 0 Å². The lowest BCUT2D eigenvalue weighted by molar-refractivity contribution is -0.355. The molecule has 1 unspecified atom stereocenters. The highest BCUT2D eigenvalue weighted by atomic mass is 16.7. The standard InChI is InChI=1S/C6H10O7/c1-2-3(6(10,11)12)13-5(9)4(7)8/h3,10-12H,2H2,1H3,(H,7,8). The van der Waals surface area contributed by atoms with E-state index in [1.54, 1.807) is 0 Å². The lowest BCUT2D eigenvalue weighted by Gasteiger charge is -2.23. The van der Waals surface area contributed by atoms with Crippen LogP contribution in [-0.4, -0.2) is 44.4 Å². The lowest BCUT2D eigenvalue weighted by Crippen LogP contribution is -2.45. The SMILES string of the molecule is CCC(OC(=O)C(=O)O)C(O)(O)O. The summed E-state index contributed by atoms with van der Waals surface area (Å²) in [6.07, 6.45) is -1.82. The van der Waals surface area contributed by atoms with Gasteiger partial charge in [0.05, 0.1) is 0 Å². The second-order valence-electron chi connectivity index (χ2n) is 2.29. The minimum atomic E-state index is -3.22. The van der Waals surface area contributed by atoms with E-state index >= 15 is 0 Å². The van der Waals surface area contributed by atoms with Crippen molar-refractivity contribution in [3.63, 3.8) is 0 Å². The topological polar surface area (TPSA) is 124 Å². The monoisotopic (exact) mass is 194 g/mol. The van der Waals surface area contributed by atoms with Crippen LogP contribution in [0.3, 0.4) is 0 Å². The summed E-state index contributed by atoms with van der Waals surface area (Å²) in [5, 5.41) is 33.7. The van der Waals surface area contributed by atoms with Crippen LogP contribution in [0.25, 0.3) is 0 Å². The van der Waals surface area contributed by atoms with Crippen molar-refractivity contribution >= 4 is 11.9 Å². The van der Waals surface area contributed by atoms with E-state index in [0.29, 0.717) is 0 Å². The smallest absolute Gasteiger partial charge is 0.417 e. The fourth-order valence-corrected chi connectivity index (χ4v) is 0.616. The normalized spacial score (nSPS) is 13.5. The molecule has 0 spiro atoms. The molecule has 0 amide bonds. The van der Waals surface area contributed by atoms with Gasteiger partial charge in [0, 0.05) is 0 Å². The van der Waals surface area contributed by atoms with Gasteiger partial charge < -0.3 is 25.2 Å². The third-order valence-corrected chi connectivity index (χ3v) is 1.23. The number of carbonyl (C=O) groups excluding carboxylic acids is 1. The van der Waals surface area contributed by atoms with Gasteiger partial charge in [-0.2, -0.15) is 0 Å². The molecule has 13 heavy (non-hydrogen) atoms. The zero-order chi connectivity index (χ0) is 10.6. The fourth-order valence-electron chi connectivity index (χ4n) is 0.616. The van der Waals surface area contributed by atoms with Gasteiger partial charge in [-0.3, -0.25) is 0 Å². The van der Waals surface area contributed by atoms with E-state index in [2.05, 4.69) is 4.74 Å². The predicted octanol–water partition coefficient (Wildman–Crippen LogP) is -1.98. The van der Waals surface area contributed by atoms with Crippen LogP contribution in [0.2, 0.25) is 0 Å². The molecular formula is C6H10O7. The summed E-state index contributed by atoms with van der Waals surface area (Å²) in [6.45, 7) is 1.37. The van der Waals surface area contributed by atoms with Crippen molar-refractivity contribution in [1.29, 1.82) is 0 Å². The number of rotatable bonds is 3. The van der Waals surface area contributed by atoms with Crippen molar-refractivity contribution in [2.24, 2.45) is 0 Å². The van der Waals surface area contributed by atoms with Crippen molar-refractivity contribution in [2.75, 3.05) is 0 Å². The lowest BCUT2D eigenvalue weighted by atomic mass is 10.2. The van der Waals surface area contributed by atoms with Gasteiger partial charge in [-0.15, -0.1) is 0 Å². The van der Waals surface area contributed by atoms with Crippen LogP contribution in [0.5, 0.6) is 0 Å². The molecule has 4 N–H and O–H groups in total. The Hall–Kier alpha value is -1.18. The Morgan fingerprint density at radius 3 is 2.08 bits per heavy atom. The van der Waals surface area contributed by atoms with E-state index in [1.807, 2.05) is 0 Å². The summed E-state index contributed by atoms with van der Waals surface area (Å²) < 4.78 is 4.04. The zero-order valence-electron chi connectivity index (χ0n) is 6.80. The highest BCUT2D eigenvalue weighted by molar-refractivity contribution is 6.28. The highest BCUT2D eigenvalue weighted by Gasteiger charge is 2.35. The van der Waals surface area contributed by atoms with Gasteiger partial charge in [-0.25, -0.2) is 9.59 Å². The maximum absolute atomic E-state index is 10.4. The van der Waals surface area contributed by atoms with Crippen molar-refractivity contribution < 1.29 is 34.8 Å². The molecule has 0 heterocycles. The van der Waals surface area contributed by atoms with Crippen LogP contribution in [0, 0.1) is 0 Å². The highest BCUT2D eigenvalue weighted by Crippen LogP contribution is 2.10. The third-order valence-electron chi connectivity index (χ3n) is 1.23. The molecule has 0 fully saturated rings. The number of carboxylic acids is 1. The maximum Gasteiger partial charge on any atom is 0.417 e. The van der Waals surface area contributed by atoms with Crippen molar-refractivity contribution in [1.82, 2.24) is 0 Å². The van der Waals surface area contributed by atoms with Gasteiger partial charge in [-0.1, -0.05) is 6.92 Å². The largest absolute Gasteiger partial charge is 0.473 e. The van der Waals surface area contributed by atoms with E-state index in [1.165, 1.54) is 6.92 Å². The maximum atomic E-state index is 10.4. The molecule has 0 saturated carbocycles. The Labute approximate surface area is 73.2 Å².